The third-order valence-electron chi connectivity index (χ3n) is 7.66. The molecule has 0 radical (unpaired) electrons. The van der Waals surface area contributed by atoms with Gasteiger partial charge in [0.15, 0.2) is 0 Å². The van der Waals surface area contributed by atoms with Crippen LogP contribution in [0, 0.1) is 17.8 Å². The Morgan fingerprint density at radius 3 is 2.13 bits per heavy atom. The second-order valence-electron chi connectivity index (χ2n) is 13.9. The SMILES string of the molecule is C=O.C=O.CC(C)(C)SC(=O)NCC(=O)N1CCCC1C(N)=O.CC1CC1.CCC.CCCCC/C=C\C1CC1C(=O)NC.O=c1[nH]c2ccccc2s1. The van der Waals surface area contributed by atoms with E-state index in [9.17, 15) is 24.0 Å². The van der Waals surface area contributed by atoms with Crippen molar-refractivity contribution in [2.45, 2.75) is 123 Å². The summed E-state index contributed by atoms with van der Waals surface area (Å²) >= 11 is 2.38. The number of H-pyrrole nitrogens is 1. The molecule has 5 rings (SSSR count). The fourth-order valence-electron chi connectivity index (χ4n) is 4.68. The number of aromatic nitrogens is 1. The number of carbonyl (C=O) groups is 6. The fraction of sp³-hybridized carbons (Fsp3) is 0.625. The number of carbonyl (C=O) groups excluding carboxylic acids is 6. The number of hydrogen-bond acceptors (Lipinski definition) is 9. The van der Waals surface area contributed by atoms with Crippen molar-refractivity contribution in [3.63, 3.8) is 0 Å². The Bertz CT molecular complexity index is 1400. The second kappa shape index (κ2) is 30.5. The third-order valence-corrected chi connectivity index (χ3v) is 9.46. The third kappa shape index (κ3) is 25.3. The molecule has 3 unspecified atom stereocenters. The topological polar surface area (TPSA) is 189 Å². The minimum atomic E-state index is -0.528. The van der Waals surface area contributed by atoms with Gasteiger partial charge < -0.3 is 35.8 Å². The monoisotopic (exact) mass is 793 g/mol. The van der Waals surface area contributed by atoms with Crippen molar-refractivity contribution in [3.8, 4) is 0 Å². The Hall–Kier alpha value is -3.78. The van der Waals surface area contributed by atoms with Crippen LogP contribution in [0.3, 0.4) is 0 Å². The largest absolute Gasteiger partial charge is 0.368 e. The number of benzene rings is 1. The molecule has 306 valence electrons. The van der Waals surface area contributed by atoms with Gasteiger partial charge in [0.05, 0.1) is 16.8 Å². The summed E-state index contributed by atoms with van der Waals surface area (Å²) in [6.45, 7) is 18.9. The van der Waals surface area contributed by atoms with E-state index in [0.717, 1.165) is 40.7 Å². The Kier molecular flexibility index (Phi) is 29.6. The van der Waals surface area contributed by atoms with E-state index in [4.69, 9.17) is 15.3 Å². The lowest BCUT2D eigenvalue weighted by molar-refractivity contribution is -0.136. The van der Waals surface area contributed by atoms with Crippen molar-refractivity contribution in [2.75, 3.05) is 20.1 Å². The molecule has 3 aliphatic rings. The molecule has 5 N–H and O–H groups in total. The molecule has 2 aliphatic carbocycles. The number of amides is 4. The van der Waals surface area contributed by atoms with E-state index in [2.05, 4.69) is 55.5 Å². The Morgan fingerprint density at radius 1 is 1.04 bits per heavy atom. The van der Waals surface area contributed by atoms with Crippen LogP contribution in [0.2, 0.25) is 0 Å². The number of nitrogens with two attached hydrogens (primary N) is 1. The van der Waals surface area contributed by atoms with Crippen LogP contribution in [0.15, 0.2) is 41.2 Å². The van der Waals surface area contributed by atoms with Gasteiger partial charge in [-0.15, -0.1) is 0 Å². The number of thioether (sulfide) groups is 1. The summed E-state index contributed by atoms with van der Waals surface area (Å²) < 4.78 is 0.823. The molecule has 4 amide bonds. The summed E-state index contributed by atoms with van der Waals surface area (Å²) in [6, 6.07) is 7.13. The van der Waals surface area contributed by atoms with Crippen LogP contribution in [-0.4, -0.2) is 77.3 Å². The highest BCUT2D eigenvalue weighted by Gasteiger charge is 2.40. The quantitative estimate of drug-likeness (QED) is 0.151. The van der Waals surface area contributed by atoms with Gasteiger partial charge in [0.1, 0.15) is 19.6 Å². The fourth-order valence-corrected chi connectivity index (χ4v) is 6.12. The minimum Gasteiger partial charge on any atom is -0.368 e. The maximum Gasteiger partial charge on any atom is 0.305 e. The molecule has 2 saturated carbocycles. The van der Waals surface area contributed by atoms with Crippen molar-refractivity contribution < 1.29 is 28.8 Å². The van der Waals surface area contributed by atoms with Crippen LogP contribution in [0.5, 0.6) is 0 Å². The molecule has 12 nitrogen and oxygen atoms in total. The van der Waals surface area contributed by atoms with Gasteiger partial charge in [-0.05, 0) is 56.1 Å². The highest BCUT2D eigenvalue weighted by molar-refractivity contribution is 8.14. The average molecular weight is 794 g/mol. The summed E-state index contributed by atoms with van der Waals surface area (Å²) in [5, 5.41) is 5.01. The molecule has 3 atom stereocenters. The highest BCUT2D eigenvalue weighted by Crippen LogP contribution is 2.39. The molecule has 1 aliphatic heterocycles. The van der Waals surface area contributed by atoms with E-state index in [0.29, 0.717) is 18.9 Å². The molecule has 54 heavy (non-hydrogen) atoms. The highest BCUT2D eigenvalue weighted by atomic mass is 32.2. The number of rotatable bonds is 9. The summed E-state index contributed by atoms with van der Waals surface area (Å²) in [5.41, 5.74) is 6.17. The van der Waals surface area contributed by atoms with E-state index in [1.54, 1.807) is 7.05 Å². The van der Waals surface area contributed by atoms with Gasteiger partial charge in [0.25, 0.3) is 5.24 Å². The number of likely N-dealkylation sites (tertiary alicyclic amines) is 1. The maximum absolute atomic E-state index is 11.9. The molecule has 1 saturated heterocycles. The number of primary amides is 1. The summed E-state index contributed by atoms with van der Waals surface area (Å²) in [6.07, 6.45) is 16.1. The number of allylic oxidation sites excluding steroid dienone is 2. The molecular formula is C40H67N5O7S2. The zero-order chi connectivity index (χ0) is 41.7. The lowest BCUT2D eigenvalue weighted by atomic mass is 10.2. The van der Waals surface area contributed by atoms with Gasteiger partial charge in [-0.25, -0.2) is 0 Å². The van der Waals surface area contributed by atoms with Crippen LogP contribution in [0.1, 0.15) is 113 Å². The first-order valence-electron chi connectivity index (χ1n) is 18.8. The number of aromatic amines is 1. The van der Waals surface area contributed by atoms with Crippen LogP contribution in [0.25, 0.3) is 10.2 Å². The molecule has 2 heterocycles. The van der Waals surface area contributed by atoms with Crippen LogP contribution >= 0.6 is 23.1 Å². The van der Waals surface area contributed by atoms with Crippen LogP contribution in [-0.2, 0) is 24.0 Å². The van der Waals surface area contributed by atoms with Crippen LogP contribution in [0.4, 0.5) is 4.79 Å². The first-order valence-corrected chi connectivity index (χ1v) is 20.4. The van der Waals surface area contributed by atoms with Crippen molar-refractivity contribution >= 4 is 69.9 Å². The summed E-state index contributed by atoms with van der Waals surface area (Å²) in [7, 11) is 1.71. The lowest BCUT2D eigenvalue weighted by Crippen LogP contribution is -2.47. The van der Waals surface area contributed by atoms with Gasteiger partial charge >= 0.3 is 4.87 Å². The summed E-state index contributed by atoms with van der Waals surface area (Å²) in [5.74, 6) is 1.33. The number of fused-ring (bicyclic) bond motifs is 1. The van der Waals surface area contributed by atoms with E-state index in [-0.39, 0.29) is 39.1 Å². The van der Waals surface area contributed by atoms with E-state index < -0.39 is 11.9 Å². The average Bonchev–Trinajstić information content (AvgIpc) is 4.00. The molecule has 0 bridgehead atoms. The number of hydrogen-bond donors (Lipinski definition) is 4. The van der Waals surface area contributed by atoms with Crippen molar-refractivity contribution in [1.82, 2.24) is 20.5 Å². The zero-order valence-corrected chi connectivity index (χ0v) is 35.5. The smallest absolute Gasteiger partial charge is 0.305 e. The van der Waals surface area contributed by atoms with Crippen LogP contribution < -0.4 is 21.2 Å². The Labute approximate surface area is 331 Å². The number of nitrogens with zero attached hydrogens (tertiary/aromatic N) is 1. The van der Waals surface area contributed by atoms with Gasteiger partial charge in [-0.1, -0.05) is 128 Å². The van der Waals surface area contributed by atoms with Gasteiger partial charge in [-0.2, -0.15) is 0 Å². The van der Waals surface area contributed by atoms with Crippen molar-refractivity contribution in [1.29, 1.82) is 0 Å². The number of para-hydroxylation sites is 1. The van der Waals surface area contributed by atoms with E-state index in [1.807, 2.05) is 58.6 Å². The van der Waals surface area contributed by atoms with Crippen molar-refractivity contribution in [2.24, 2.45) is 23.5 Å². The standard InChI is InChI=1S/C12H21N3O3S.C12H21NO.C7H5NOS.C4H8.C3H8.2CH2O/c1-12(2,3)19-11(18)14-7-9(16)15-6-4-5-8(15)10(13)17;1-3-4-5-6-7-8-10-9-11(10)12(14)13-2;9-7-8-5-3-1-2-4-6(5)10-7;1-4-2-3-4;1-3-2;2*1-2/h8H,4-7H2,1-3H3,(H2,13,17)(H,14,18);7-8,10-11H,3-6,9H2,1-2H3,(H,13,14);1-4H,(H,8,9);4H,2-3H2,1H3;3H2,1-2H3;2*1H2/b;8-7-;;;;;. The van der Waals surface area contributed by atoms with E-state index in [1.165, 1.54) is 61.2 Å². The number of nitrogens with one attached hydrogen (secondary N) is 3. The Balaban J connectivity index is 0. The molecule has 14 heteroatoms. The molecule has 0 spiro atoms. The maximum atomic E-state index is 11.9. The van der Waals surface area contributed by atoms with Gasteiger partial charge in [0, 0.05) is 24.3 Å². The predicted molar refractivity (Wildman–Crippen MR) is 225 cm³/mol. The number of thiazole rings is 1. The predicted octanol–water partition coefficient (Wildman–Crippen LogP) is 7.26. The lowest BCUT2D eigenvalue weighted by Gasteiger charge is -2.22. The molecule has 1 aromatic carbocycles. The first-order chi connectivity index (χ1) is 25.7. The van der Waals surface area contributed by atoms with Crippen molar-refractivity contribution in [3.05, 3.63) is 46.1 Å². The molecular weight excluding hydrogens is 727 g/mol. The normalized spacial score (nSPS) is 17.7. The molecule has 1 aromatic heterocycles. The first kappa shape index (κ1) is 52.3. The Morgan fingerprint density at radius 2 is 1.63 bits per heavy atom. The minimum absolute atomic E-state index is 0.0150. The van der Waals surface area contributed by atoms with Gasteiger partial charge in [-0.3, -0.25) is 24.0 Å². The van der Waals surface area contributed by atoms with E-state index >= 15 is 0 Å². The molecule has 2 aromatic rings. The molecule has 3 fully saturated rings. The zero-order valence-electron chi connectivity index (χ0n) is 33.9. The number of unbranched alkanes of at least 4 members (excludes halogenated alkanes) is 3. The van der Waals surface area contributed by atoms with Gasteiger partial charge in [0.2, 0.25) is 17.7 Å². The summed E-state index contributed by atoms with van der Waals surface area (Å²) in [4.78, 5) is 76.8. The second-order valence-corrected chi connectivity index (χ2v) is 16.8.